The molecule has 0 aromatic heterocycles. The average molecular weight is 463 g/mol. The molecule has 1 atom stereocenters. The second kappa shape index (κ2) is 9.07. The molecule has 1 aliphatic rings. The molecule has 9 heteroatoms. The van der Waals surface area contributed by atoms with E-state index < -0.39 is 36.0 Å². The van der Waals surface area contributed by atoms with Gasteiger partial charge >= 0.3 is 12.2 Å². The molecule has 0 spiro atoms. The Bertz CT molecular complexity index is 739. The lowest BCUT2D eigenvalue weighted by molar-refractivity contribution is 0.000529. The van der Waals surface area contributed by atoms with Crippen molar-refractivity contribution in [1.82, 2.24) is 9.80 Å². The van der Waals surface area contributed by atoms with Gasteiger partial charge in [0.05, 0.1) is 16.1 Å². The minimum Gasteiger partial charge on any atom is -0.444 e. The molecule has 0 bridgehead atoms. The van der Waals surface area contributed by atoms with E-state index in [4.69, 9.17) is 9.47 Å². The predicted molar refractivity (Wildman–Crippen MR) is 103 cm³/mol. The van der Waals surface area contributed by atoms with Gasteiger partial charge in [-0.1, -0.05) is 6.92 Å². The van der Waals surface area contributed by atoms with Crippen molar-refractivity contribution in [3.05, 3.63) is 33.8 Å². The average Bonchev–Trinajstić information content (AvgIpc) is 2.62. The Morgan fingerprint density at radius 2 is 1.89 bits per heavy atom. The molecule has 0 radical (unpaired) electrons. The lowest BCUT2D eigenvalue weighted by Crippen LogP contribution is -2.57. The van der Waals surface area contributed by atoms with Crippen LogP contribution < -0.4 is 0 Å². The highest BCUT2D eigenvalue weighted by Gasteiger charge is 2.34. The molecule has 1 heterocycles. The van der Waals surface area contributed by atoms with Crippen LogP contribution in [0.1, 0.15) is 39.7 Å². The summed E-state index contributed by atoms with van der Waals surface area (Å²) in [7, 11) is 0. The molecule has 1 aromatic rings. The van der Waals surface area contributed by atoms with Crippen LogP contribution in [0.15, 0.2) is 16.6 Å². The SMILES string of the molecule is CC[C@@H]1CN(C(=O)OC(C)(C)C)CCN1C(=O)OCc1c(F)ccc(Br)c1F. The van der Waals surface area contributed by atoms with Gasteiger partial charge < -0.3 is 19.3 Å². The van der Waals surface area contributed by atoms with Crippen LogP contribution in [-0.2, 0) is 16.1 Å². The summed E-state index contributed by atoms with van der Waals surface area (Å²) < 4.78 is 38.5. The molecule has 28 heavy (non-hydrogen) atoms. The van der Waals surface area contributed by atoms with E-state index >= 15 is 0 Å². The summed E-state index contributed by atoms with van der Waals surface area (Å²) in [6.07, 6.45) is -0.514. The highest BCUT2D eigenvalue weighted by Crippen LogP contribution is 2.23. The first-order valence-electron chi connectivity index (χ1n) is 9.07. The highest BCUT2D eigenvalue weighted by atomic mass is 79.9. The molecule has 1 saturated heterocycles. The van der Waals surface area contributed by atoms with Gasteiger partial charge in [-0.3, -0.25) is 0 Å². The van der Waals surface area contributed by atoms with Crippen molar-refractivity contribution in [3.8, 4) is 0 Å². The van der Waals surface area contributed by atoms with Gasteiger partial charge in [0.2, 0.25) is 0 Å². The van der Waals surface area contributed by atoms with Crippen molar-refractivity contribution in [2.24, 2.45) is 0 Å². The number of benzene rings is 1. The van der Waals surface area contributed by atoms with Crippen LogP contribution in [0, 0.1) is 11.6 Å². The van der Waals surface area contributed by atoms with Gasteiger partial charge in [0.1, 0.15) is 23.8 Å². The summed E-state index contributed by atoms with van der Waals surface area (Å²) in [6, 6.07) is 2.08. The first kappa shape index (κ1) is 22.4. The van der Waals surface area contributed by atoms with Crippen molar-refractivity contribution < 1.29 is 27.8 Å². The van der Waals surface area contributed by atoms with Gasteiger partial charge in [-0.2, -0.15) is 0 Å². The van der Waals surface area contributed by atoms with Gasteiger partial charge in [0.15, 0.2) is 0 Å². The van der Waals surface area contributed by atoms with Crippen LogP contribution in [0.2, 0.25) is 0 Å². The van der Waals surface area contributed by atoms with Crippen molar-refractivity contribution in [2.75, 3.05) is 19.6 Å². The van der Waals surface area contributed by atoms with Gasteiger partial charge in [-0.05, 0) is 55.3 Å². The van der Waals surface area contributed by atoms with E-state index in [1.54, 1.807) is 25.7 Å². The number of hydrogen-bond donors (Lipinski definition) is 0. The second-order valence-electron chi connectivity index (χ2n) is 7.56. The molecule has 1 aliphatic heterocycles. The van der Waals surface area contributed by atoms with Crippen molar-refractivity contribution >= 4 is 28.1 Å². The van der Waals surface area contributed by atoms with E-state index in [-0.39, 0.29) is 22.6 Å². The summed E-state index contributed by atoms with van der Waals surface area (Å²) in [5.41, 5.74) is -0.921. The topological polar surface area (TPSA) is 59.1 Å². The summed E-state index contributed by atoms with van der Waals surface area (Å²) in [6.45, 7) is 7.58. The van der Waals surface area contributed by atoms with E-state index in [1.165, 1.54) is 11.0 Å². The van der Waals surface area contributed by atoms with E-state index in [0.717, 1.165) is 6.07 Å². The molecule has 2 rings (SSSR count). The third-order valence-corrected chi connectivity index (χ3v) is 4.93. The summed E-state index contributed by atoms with van der Waals surface area (Å²) in [5, 5.41) is 0. The van der Waals surface area contributed by atoms with Crippen LogP contribution in [0.25, 0.3) is 0 Å². The lowest BCUT2D eigenvalue weighted by Gasteiger charge is -2.40. The zero-order valence-electron chi connectivity index (χ0n) is 16.4. The van der Waals surface area contributed by atoms with Crippen molar-refractivity contribution in [3.63, 3.8) is 0 Å². The molecule has 6 nitrogen and oxygen atoms in total. The second-order valence-corrected chi connectivity index (χ2v) is 8.41. The fourth-order valence-electron chi connectivity index (χ4n) is 2.86. The van der Waals surface area contributed by atoms with Gasteiger partial charge in [0, 0.05) is 19.6 Å². The molecular weight excluding hydrogens is 438 g/mol. The zero-order valence-corrected chi connectivity index (χ0v) is 18.0. The fraction of sp³-hybridized carbons (Fsp3) is 0.579. The maximum atomic E-state index is 14.0. The Kier molecular flexibility index (Phi) is 7.25. The van der Waals surface area contributed by atoms with Gasteiger partial charge in [-0.15, -0.1) is 0 Å². The number of halogens is 3. The third-order valence-electron chi connectivity index (χ3n) is 4.32. The minimum absolute atomic E-state index is 0.0948. The molecule has 156 valence electrons. The van der Waals surface area contributed by atoms with Crippen LogP contribution in [0.4, 0.5) is 18.4 Å². The molecule has 0 N–H and O–H groups in total. The molecule has 2 amide bonds. The number of hydrogen-bond acceptors (Lipinski definition) is 4. The Morgan fingerprint density at radius 3 is 2.50 bits per heavy atom. The number of piperazine rings is 1. The van der Waals surface area contributed by atoms with Gasteiger partial charge in [-0.25, -0.2) is 18.4 Å². The Morgan fingerprint density at radius 1 is 1.21 bits per heavy atom. The quantitative estimate of drug-likeness (QED) is 0.611. The summed E-state index contributed by atoms with van der Waals surface area (Å²) >= 11 is 2.98. The van der Waals surface area contributed by atoms with E-state index in [9.17, 15) is 18.4 Å². The van der Waals surface area contributed by atoms with Crippen molar-refractivity contribution in [1.29, 1.82) is 0 Å². The Balaban J connectivity index is 1.99. The van der Waals surface area contributed by atoms with E-state index in [0.29, 0.717) is 19.5 Å². The first-order chi connectivity index (χ1) is 13.0. The first-order valence-corrected chi connectivity index (χ1v) is 9.86. The van der Waals surface area contributed by atoms with Gasteiger partial charge in [0.25, 0.3) is 0 Å². The standard InChI is InChI=1S/C19H25BrF2N2O4/c1-5-12-10-23(17(25)28-19(2,3)4)8-9-24(12)18(26)27-11-13-15(21)7-6-14(20)16(13)22/h6-7,12H,5,8-11H2,1-4H3/t12-/m1/s1. The van der Waals surface area contributed by atoms with E-state index in [1.807, 2.05) is 6.92 Å². The monoisotopic (exact) mass is 462 g/mol. The molecule has 0 saturated carbocycles. The smallest absolute Gasteiger partial charge is 0.410 e. The number of ether oxygens (including phenoxy) is 2. The lowest BCUT2D eigenvalue weighted by atomic mass is 10.1. The number of carbonyl (C=O) groups excluding carboxylic acids is 2. The maximum Gasteiger partial charge on any atom is 0.410 e. The molecule has 0 unspecified atom stereocenters. The van der Waals surface area contributed by atoms with Crippen LogP contribution in [-0.4, -0.2) is 53.3 Å². The third kappa shape index (κ3) is 5.56. The Labute approximate surface area is 171 Å². The zero-order chi connectivity index (χ0) is 21.1. The summed E-state index contributed by atoms with van der Waals surface area (Å²) in [5.74, 6) is -1.58. The minimum atomic E-state index is -0.797. The maximum absolute atomic E-state index is 14.0. The largest absolute Gasteiger partial charge is 0.444 e. The predicted octanol–water partition coefficient (Wildman–Crippen LogP) is 4.70. The number of nitrogens with zero attached hydrogens (tertiary/aromatic N) is 2. The molecular formula is C19H25BrF2N2O4. The fourth-order valence-corrected chi connectivity index (χ4v) is 3.23. The van der Waals surface area contributed by atoms with Crippen molar-refractivity contribution in [2.45, 2.75) is 52.4 Å². The van der Waals surface area contributed by atoms with Crippen LogP contribution in [0.3, 0.4) is 0 Å². The highest BCUT2D eigenvalue weighted by molar-refractivity contribution is 9.10. The van der Waals surface area contributed by atoms with Crippen LogP contribution in [0.5, 0.6) is 0 Å². The number of rotatable bonds is 3. The molecule has 0 aliphatic carbocycles. The molecule has 1 aromatic carbocycles. The number of amides is 2. The summed E-state index contributed by atoms with van der Waals surface area (Å²) in [4.78, 5) is 27.7. The van der Waals surface area contributed by atoms with E-state index in [2.05, 4.69) is 15.9 Å². The molecule has 1 fully saturated rings. The number of carbonyl (C=O) groups is 2. The van der Waals surface area contributed by atoms with Crippen LogP contribution >= 0.6 is 15.9 Å². The normalized spacial score (nSPS) is 17.5. The Hall–Kier alpha value is -1.90.